The van der Waals surface area contributed by atoms with E-state index in [1.807, 2.05) is 6.92 Å². The average Bonchev–Trinajstić information content (AvgIpc) is 2.94. The van der Waals surface area contributed by atoms with Gasteiger partial charge in [-0.15, -0.1) is 0 Å². The molecular weight excluding hydrogens is 242 g/mol. The summed E-state index contributed by atoms with van der Waals surface area (Å²) in [6, 6.07) is 0. The van der Waals surface area contributed by atoms with Crippen molar-refractivity contribution in [3.05, 3.63) is 24.3 Å². The number of likely N-dealkylation sites (tertiary alicyclic amines) is 1. The number of hydrogen-bond donors (Lipinski definition) is 0. The van der Waals surface area contributed by atoms with Gasteiger partial charge in [0.25, 0.3) is 0 Å². The number of aromatic nitrogens is 2. The first kappa shape index (κ1) is 13.9. The van der Waals surface area contributed by atoms with Gasteiger partial charge in [0.1, 0.15) is 0 Å². The van der Waals surface area contributed by atoms with Crippen LogP contribution in [-0.2, 0) is 15.1 Å². The van der Waals surface area contributed by atoms with E-state index >= 15 is 0 Å². The Hall–Kier alpha value is -1.49. The van der Waals surface area contributed by atoms with Gasteiger partial charge in [0.15, 0.2) is 0 Å². The fourth-order valence-corrected chi connectivity index (χ4v) is 2.65. The molecule has 2 heterocycles. The van der Waals surface area contributed by atoms with E-state index in [1.165, 1.54) is 12.8 Å². The van der Waals surface area contributed by atoms with Crippen LogP contribution in [0.2, 0.25) is 0 Å². The van der Waals surface area contributed by atoms with Crippen molar-refractivity contribution < 1.29 is 9.53 Å². The largest absolute Gasteiger partial charge is 0.466 e. The molecule has 0 bridgehead atoms. The Labute approximate surface area is 114 Å². The number of carbonyl (C=O) groups excluding carboxylic acids is 1. The Morgan fingerprint density at radius 2 is 2.16 bits per heavy atom. The molecule has 0 aromatic carbocycles. The summed E-state index contributed by atoms with van der Waals surface area (Å²) in [5.74, 6) is -0.178. The molecule has 0 aliphatic carbocycles. The Balaban J connectivity index is 2.24. The van der Waals surface area contributed by atoms with Crippen molar-refractivity contribution in [2.24, 2.45) is 0 Å². The quantitative estimate of drug-likeness (QED) is 0.757. The maximum Gasteiger partial charge on any atom is 0.308 e. The average molecular weight is 263 g/mol. The maximum atomic E-state index is 11.9. The fourth-order valence-electron chi connectivity index (χ4n) is 2.65. The highest BCUT2D eigenvalue weighted by molar-refractivity contribution is 5.71. The summed E-state index contributed by atoms with van der Waals surface area (Å²) in [6.45, 7) is 6.28. The Bertz CT molecular complexity index is 418. The van der Waals surface area contributed by atoms with Crippen LogP contribution in [0, 0.1) is 0 Å². The molecule has 1 aliphatic rings. The predicted octanol–water partition coefficient (Wildman–Crippen LogP) is 1.74. The smallest absolute Gasteiger partial charge is 0.308 e. The molecule has 5 heteroatoms. The van der Waals surface area contributed by atoms with E-state index in [1.54, 1.807) is 18.6 Å². The normalized spacial score (nSPS) is 19.1. The highest BCUT2D eigenvalue weighted by Crippen LogP contribution is 2.33. The standard InChI is InChI=1S/C14H21N3O2/c1-3-19-13(18)10-14(2,17-8-4-5-9-17)12-11-15-6-7-16-12/h6-7,11H,3-5,8-10H2,1-2H3. The predicted molar refractivity (Wildman–Crippen MR) is 71.4 cm³/mol. The van der Waals surface area contributed by atoms with Gasteiger partial charge in [-0.05, 0) is 39.8 Å². The molecule has 0 amide bonds. The topological polar surface area (TPSA) is 55.3 Å². The van der Waals surface area contributed by atoms with Gasteiger partial charge < -0.3 is 4.74 Å². The van der Waals surface area contributed by atoms with E-state index in [0.717, 1.165) is 18.8 Å². The third-order valence-electron chi connectivity index (χ3n) is 3.71. The summed E-state index contributed by atoms with van der Waals surface area (Å²) in [5, 5.41) is 0. The van der Waals surface area contributed by atoms with Gasteiger partial charge >= 0.3 is 5.97 Å². The third-order valence-corrected chi connectivity index (χ3v) is 3.71. The van der Waals surface area contributed by atoms with Crippen LogP contribution < -0.4 is 0 Å². The molecule has 1 unspecified atom stereocenters. The van der Waals surface area contributed by atoms with Gasteiger partial charge in [-0.2, -0.15) is 0 Å². The van der Waals surface area contributed by atoms with E-state index < -0.39 is 5.54 Å². The molecule has 1 aromatic heterocycles. The monoisotopic (exact) mass is 263 g/mol. The van der Waals surface area contributed by atoms with Crippen molar-refractivity contribution >= 4 is 5.97 Å². The first-order valence-electron chi connectivity index (χ1n) is 6.84. The molecule has 0 saturated carbocycles. The van der Waals surface area contributed by atoms with Crippen LogP contribution in [0.4, 0.5) is 0 Å². The van der Waals surface area contributed by atoms with Crippen LogP contribution in [0.3, 0.4) is 0 Å². The Morgan fingerprint density at radius 1 is 1.42 bits per heavy atom. The summed E-state index contributed by atoms with van der Waals surface area (Å²) in [5.41, 5.74) is 0.418. The van der Waals surface area contributed by atoms with Crippen molar-refractivity contribution in [1.82, 2.24) is 14.9 Å². The highest BCUT2D eigenvalue weighted by Gasteiger charge is 2.39. The van der Waals surface area contributed by atoms with Gasteiger partial charge in [-0.1, -0.05) is 0 Å². The van der Waals surface area contributed by atoms with Crippen LogP contribution in [0.15, 0.2) is 18.6 Å². The number of ether oxygens (including phenoxy) is 1. The van der Waals surface area contributed by atoms with Crippen molar-refractivity contribution in [2.45, 2.75) is 38.6 Å². The second kappa shape index (κ2) is 6.10. The molecule has 0 N–H and O–H groups in total. The van der Waals surface area contributed by atoms with Crippen molar-refractivity contribution in [3.63, 3.8) is 0 Å². The SMILES string of the molecule is CCOC(=O)CC(C)(c1cnccn1)N1CCCC1. The third kappa shape index (κ3) is 3.10. The Kier molecular flexibility index (Phi) is 4.47. The summed E-state index contributed by atoms with van der Waals surface area (Å²) in [4.78, 5) is 22.7. The molecule has 0 radical (unpaired) electrons. The molecule has 1 fully saturated rings. The molecular formula is C14H21N3O2. The van der Waals surface area contributed by atoms with E-state index in [4.69, 9.17) is 4.74 Å². The minimum Gasteiger partial charge on any atom is -0.466 e. The molecule has 2 rings (SSSR count). The van der Waals surface area contributed by atoms with Gasteiger partial charge in [0.05, 0.1) is 30.5 Å². The van der Waals surface area contributed by atoms with Gasteiger partial charge in [0, 0.05) is 12.4 Å². The highest BCUT2D eigenvalue weighted by atomic mass is 16.5. The van der Waals surface area contributed by atoms with Crippen LogP contribution in [0.5, 0.6) is 0 Å². The number of carbonyl (C=O) groups is 1. The van der Waals surface area contributed by atoms with Crippen LogP contribution >= 0.6 is 0 Å². The van der Waals surface area contributed by atoms with Crippen LogP contribution in [0.25, 0.3) is 0 Å². The zero-order chi connectivity index (χ0) is 13.7. The molecule has 0 spiro atoms. The molecule has 1 atom stereocenters. The van der Waals surface area contributed by atoms with Gasteiger partial charge in [-0.25, -0.2) is 0 Å². The minimum atomic E-state index is -0.420. The van der Waals surface area contributed by atoms with E-state index in [-0.39, 0.29) is 5.97 Å². The zero-order valence-corrected chi connectivity index (χ0v) is 11.6. The molecule has 104 valence electrons. The van der Waals surface area contributed by atoms with Crippen molar-refractivity contribution in [3.8, 4) is 0 Å². The number of nitrogens with zero attached hydrogens (tertiary/aromatic N) is 3. The summed E-state index contributed by atoms with van der Waals surface area (Å²) in [6.07, 6.45) is 7.72. The number of hydrogen-bond acceptors (Lipinski definition) is 5. The first-order valence-corrected chi connectivity index (χ1v) is 6.84. The summed E-state index contributed by atoms with van der Waals surface area (Å²) in [7, 11) is 0. The van der Waals surface area contributed by atoms with E-state index in [0.29, 0.717) is 13.0 Å². The van der Waals surface area contributed by atoms with Gasteiger partial charge in [-0.3, -0.25) is 19.7 Å². The summed E-state index contributed by atoms with van der Waals surface area (Å²) >= 11 is 0. The second-order valence-corrected chi connectivity index (χ2v) is 5.04. The van der Waals surface area contributed by atoms with Gasteiger partial charge in [0.2, 0.25) is 0 Å². The number of rotatable bonds is 5. The number of esters is 1. The van der Waals surface area contributed by atoms with Crippen LogP contribution in [-0.4, -0.2) is 40.5 Å². The molecule has 1 saturated heterocycles. The summed E-state index contributed by atoms with van der Waals surface area (Å²) < 4.78 is 5.10. The lowest BCUT2D eigenvalue weighted by Gasteiger charge is -2.37. The van der Waals surface area contributed by atoms with Crippen LogP contribution in [0.1, 0.15) is 38.8 Å². The fraction of sp³-hybridized carbons (Fsp3) is 0.643. The molecule has 1 aliphatic heterocycles. The molecule has 19 heavy (non-hydrogen) atoms. The van der Waals surface area contributed by atoms with Crippen molar-refractivity contribution in [1.29, 1.82) is 0 Å². The minimum absolute atomic E-state index is 0.178. The van der Waals surface area contributed by atoms with E-state index in [2.05, 4.69) is 21.8 Å². The lowest BCUT2D eigenvalue weighted by atomic mass is 9.91. The van der Waals surface area contributed by atoms with Crippen molar-refractivity contribution in [2.75, 3.05) is 19.7 Å². The molecule has 1 aromatic rings. The zero-order valence-electron chi connectivity index (χ0n) is 11.6. The molecule has 5 nitrogen and oxygen atoms in total. The first-order chi connectivity index (χ1) is 9.16. The lowest BCUT2D eigenvalue weighted by molar-refractivity contribution is -0.146. The Morgan fingerprint density at radius 3 is 2.74 bits per heavy atom. The maximum absolute atomic E-state index is 11.9. The van der Waals surface area contributed by atoms with E-state index in [9.17, 15) is 4.79 Å². The lowest BCUT2D eigenvalue weighted by Crippen LogP contribution is -2.44. The second-order valence-electron chi connectivity index (χ2n) is 5.04.